The molecule has 2 aromatic carbocycles. The van der Waals surface area contributed by atoms with E-state index in [1.807, 2.05) is 32.0 Å². The van der Waals surface area contributed by atoms with Crippen LogP contribution in [0.2, 0.25) is 5.02 Å². The second kappa shape index (κ2) is 9.93. The fraction of sp³-hybridized carbons (Fsp3) is 0.286. The highest BCUT2D eigenvalue weighted by Crippen LogP contribution is 2.28. The van der Waals surface area contributed by atoms with Crippen LogP contribution in [0.3, 0.4) is 0 Å². The summed E-state index contributed by atoms with van der Waals surface area (Å²) in [6.07, 6.45) is 0.619. The summed E-state index contributed by atoms with van der Waals surface area (Å²) in [7, 11) is 0. The van der Waals surface area contributed by atoms with Crippen LogP contribution in [0.15, 0.2) is 46.9 Å². The molecular formula is C21H22ClN3O4. The molecule has 3 aromatic rings. The number of carbonyl (C=O) groups excluding carboxylic acids is 1. The second-order valence-electron chi connectivity index (χ2n) is 6.08. The van der Waals surface area contributed by atoms with Crippen LogP contribution in [-0.4, -0.2) is 35.9 Å². The summed E-state index contributed by atoms with van der Waals surface area (Å²) in [6, 6.07) is 12.7. The van der Waals surface area contributed by atoms with Crippen LogP contribution in [0.25, 0.3) is 11.5 Å². The van der Waals surface area contributed by atoms with Gasteiger partial charge in [0.2, 0.25) is 5.89 Å². The standard InChI is InChI=1S/C21H22ClN3O4/c1-3-27-17-9-8-14(12-18(17)28-4-2)10-11-23-19(26)21-25-24-20(29-21)15-6-5-7-16(22)13-15/h5-9,12-13H,3-4,10-11H2,1-2H3,(H,23,26). The maximum atomic E-state index is 12.3. The number of nitrogens with one attached hydrogen (secondary N) is 1. The largest absolute Gasteiger partial charge is 0.490 e. The van der Waals surface area contributed by atoms with Crippen molar-refractivity contribution >= 4 is 17.5 Å². The predicted molar refractivity (Wildman–Crippen MR) is 110 cm³/mol. The van der Waals surface area contributed by atoms with Gasteiger partial charge in [0.05, 0.1) is 13.2 Å². The maximum Gasteiger partial charge on any atom is 0.308 e. The van der Waals surface area contributed by atoms with Gasteiger partial charge in [-0.2, -0.15) is 0 Å². The Balaban J connectivity index is 1.58. The SMILES string of the molecule is CCOc1ccc(CCNC(=O)c2nnc(-c3cccc(Cl)c3)o2)cc1OCC. The Hall–Kier alpha value is -3.06. The monoisotopic (exact) mass is 415 g/mol. The molecule has 0 radical (unpaired) electrons. The number of ether oxygens (including phenoxy) is 2. The van der Waals surface area contributed by atoms with Crippen LogP contribution in [-0.2, 0) is 6.42 Å². The molecule has 1 N–H and O–H groups in total. The summed E-state index contributed by atoms with van der Waals surface area (Å²) in [5.41, 5.74) is 1.67. The number of amides is 1. The lowest BCUT2D eigenvalue weighted by Gasteiger charge is -2.12. The first-order valence-electron chi connectivity index (χ1n) is 9.36. The highest BCUT2D eigenvalue weighted by molar-refractivity contribution is 6.30. The second-order valence-corrected chi connectivity index (χ2v) is 6.51. The van der Waals surface area contributed by atoms with Crippen LogP contribution in [0.4, 0.5) is 0 Å². The lowest BCUT2D eigenvalue weighted by Crippen LogP contribution is -2.26. The molecule has 3 rings (SSSR count). The van der Waals surface area contributed by atoms with Crippen LogP contribution in [0.1, 0.15) is 30.1 Å². The minimum Gasteiger partial charge on any atom is -0.490 e. The number of carbonyl (C=O) groups is 1. The van der Waals surface area contributed by atoms with Gasteiger partial charge in [-0.25, -0.2) is 0 Å². The number of hydrogen-bond donors (Lipinski definition) is 1. The Labute approximate surface area is 174 Å². The number of benzene rings is 2. The molecule has 7 nitrogen and oxygen atoms in total. The van der Waals surface area contributed by atoms with Crippen molar-refractivity contribution in [1.82, 2.24) is 15.5 Å². The summed E-state index contributed by atoms with van der Waals surface area (Å²) in [6.45, 7) is 5.37. The molecule has 1 amide bonds. The molecule has 0 bridgehead atoms. The van der Waals surface area contributed by atoms with Crippen molar-refractivity contribution in [2.75, 3.05) is 19.8 Å². The first-order valence-corrected chi connectivity index (χ1v) is 9.74. The van der Waals surface area contributed by atoms with E-state index in [4.69, 9.17) is 25.5 Å². The molecule has 0 aliphatic heterocycles. The van der Waals surface area contributed by atoms with Crippen molar-refractivity contribution < 1.29 is 18.7 Å². The Bertz CT molecular complexity index is 974. The van der Waals surface area contributed by atoms with Gasteiger partial charge >= 0.3 is 11.8 Å². The Kier molecular flexibility index (Phi) is 7.08. The fourth-order valence-corrected chi connectivity index (χ4v) is 2.89. The average Bonchev–Trinajstić information content (AvgIpc) is 3.21. The van der Waals surface area contributed by atoms with Gasteiger partial charge in [0.15, 0.2) is 11.5 Å². The van der Waals surface area contributed by atoms with Crippen molar-refractivity contribution in [1.29, 1.82) is 0 Å². The van der Waals surface area contributed by atoms with E-state index in [1.165, 1.54) is 0 Å². The van der Waals surface area contributed by atoms with Gasteiger partial charge in [-0.15, -0.1) is 10.2 Å². The van der Waals surface area contributed by atoms with Crippen molar-refractivity contribution in [2.45, 2.75) is 20.3 Å². The van der Waals surface area contributed by atoms with Gasteiger partial charge in [-0.05, 0) is 56.2 Å². The molecule has 1 aromatic heterocycles. The number of rotatable bonds is 9. The van der Waals surface area contributed by atoms with E-state index in [-0.39, 0.29) is 11.8 Å². The molecule has 29 heavy (non-hydrogen) atoms. The summed E-state index contributed by atoms with van der Waals surface area (Å²) in [5.74, 6) is 1.12. The predicted octanol–water partition coefficient (Wildman–Crippen LogP) is 4.16. The van der Waals surface area contributed by atoms with Crippen LogP contribution in [0, 0.1) is 0 Å². The molecule has 0 fully saturated rings. The number of nitrogens with zero attached hydrogens (tertiary/aromatic N) is 2. The summed E-state index contributed by atoms with van der Waals surface area (Å²) in [4.78, 5) is 12.3. The molecule has 0 aliphatic carbocycles. The van der Waals surface area contributed by atoms with Crippen molar-refractivity contribution in [2.24, 2.45) is 0 Å². The number of aromatic nitrogens is 2. The maximum absolute atomic E-state index is 12.3. The highest BCUT2D eigenvalue weighted by atomic mass is 35.5. The van der Waals surface area contributed by atoms with Crippen LogP contribution < -0.4 is 14.8 Å². The van der Waals surface area contributed by atoms with E-state index >= 15 is 0 Å². The lowest BCUT2D eigenvalue weighted by atomic mass is 10.1. The zero-order valence-electron chi connectivity index (χ0n) is 16.3. The van der Waals surface area contributed by atoms with Crippen molar-refractivity contribution in [3.05, 3.63) is 58.9 Å². The lowest BCUT2D eigenvalue weighted by molar-refractivity contribution is 0.0920. The minimum absolute atomic E-state index is 0.0957. The third-order valence-corrected chi connectivity index (χ3v) is 4.23. The summed E-state index contributed by atoms with van der Waals surface area (Å²) < 4.78 is 16.6. The normalized spacial score (nSPS) is 10.6. The molecule has 0 aliphatic rings. The first kappa shape index (κ1) is 20.7. The third kappa shape index (κ3) is 5.48. The Morgan fingerprint density at radius 1 is 1.07 bits per heavy atom. The number of halogens is 1. The quantitative estimate of drug-likeness (QED) is 0.564. The van der Waals surface area contributed by atoms with E-state index in [1.54, 1.807) is 24.3 Å². The highest BCUT2D eigenvalue weighted by Gasteiger charge is 2.16. The van der Waals surface area contributed by atoms with Gasteiger partial charge in [-0.3, -0.25) is 4.79 Å². The topological polar surface area (TPSA) is 86.5 Å². The van der Waals surface area contributed by atoms with E-state index in [9.17, 15) is 4.79 Å². The van der Waals surface area contributed by atoms with Crippen LogP contribution in [0.5, 0.6) is 11.5 Å². The average molecular weight is 416 g/mol. The van der Waals surface area contributed by atoms with Gasteiger partial charge in [0.25, 0.3) is 0 Å². The minimum atomic E-state index is -0.429. The molecule has 152 valence electrons. The Morgan fingerprint density at radius 2 is 1.86 bits per heavy atom. The number of hydrogen-bond acceptors (Lipinski definition) is 6. The van der Waals surface area contributed by atoms with E-state index in [0.29, 0.717) is 48.3 Å². The zero-order valence-corrected chi connectivity index (χ0v) is 17.0. The van der Waals surface area contributed by atoms with Gasteiger partial charge in [0, 0.05) is 17.1 Å². The smallest absolute Gasteiger partial charge is 0.308 e. The van der Waals surface area contributed by atoms with Gasteiger partial charge < -0.3 is 19.2 Å². The van der Waals surface area contributed by atoms with E-state index in [2.05, 4.69) is 15.5 Å². The fourth-order valence-electron chi connectivity index (χ4n) is 2.70. The summed E-state index contributed by atoms with van der Waals surface area (Å²) in [5, 5.41) is 11.0. The van der Waals surface area contributed by atoms with E-state index in [0.717, 1.165) is 5.56 Å². The van der Waals surface area contributed by atoms with Crippen molar-refractivity contribution in [3.63, 3.8) is 0 Å². The molecule has 0 atom stereocenters. The molecule has 0 unspecified atom stereocenters. The molecular weight excluding hydrogens is 394 g/mol. The van der Waals surface area contributed by atoms with Crippen LogP contribution >= 0.6 is 11.6 Å². The molecule has 8 heteroatoms. The van der Waals surface area contributed by atoms with Crippen molar-refractivity contribution in [3.8, 4) is 23.0 Å². The Morgan fingerprint density at radius 3 is 2.62 bits per heavy atom. The molecule has 0 saturated heterocycles. The van der Waals surface area contributed by atoms with E-state index < -0.39 is 5.91 Å². The summed E-state index contributed by atoms with van der Waals surface area (Å²) >= 11 is 5.96. The molecule has 1 heterocycles. The van der Waals surface area contributed by atoms with Gasteiger partial charge in [0.1, 0.15) is 0 Å². The molecule has 0 spiro atoms. The zero-order chi connectivity index (χ0) is 20.6. The van der Waals surface area contributed by atoms with Gasteiger partial charge in [-0.1, -0.05) is 23.7 Å². The first-order chi connectivity index (χ1) is 14.1. The third-order valence-electron chi connectivity index (χ3n) is 4.00. The molecule has 0 saturated carbocycles.